The fraction of sp³-hybridized carbons (Fsp3) is 0.941. The summed E-state index contributed by atoms with van der Waals surface area (Å²) in [6, 6.07) is 0.495. The van der Waals surface area contributed by atoms with Gasteiger partial charge in [0.2, 0.25) is 0 Å². The molecular weight excluding hydrogens is 264 g/mol. The molecule has 0 spiro atoms. The summed E-state index contributed by atoms with van der Waals surface area (Å²) in [6.45, 7) is 4.11. The van der Waals surface area contributed by atoms with Crippen molar-refractivity contribution in [3.05, 3.63) is 0 Å². The second-order valence-corrected chi connectivity index (χ2v) is 6.92. The second kappa shape index (κ2) is 8.62. The van der Waals surface area contributed by atoms with Gasteiger partial charge in [0.1, 0.15) is 0 Å². The number of nitrogens with zero attached hydrogens (tertiary/aromatic N) is 1. The quantitative estimate of drug-likeness (QED) is 0.819. The fourth-order valence-corrected chi connectivity index (χ4v) is 3.67. The molecule has 0 atom stereocenters. The molecule has 2 amide bonds. The molecule has 2 fully saturated rings. The van der Waals surface area contributed by atoms with Crippen molar-refractivity contribution in [2.24, 2.45) is 11.8 Å². The highest BCUT2D eigenvalue weighted by Gasteiger charge is 2.26. The number of likely N-dealkylation sites (tertiary alicyclic amines) is 1. The number of aliphatic hydroxyl groups is 1. The molecule has 0 aromatic heterocycles. The van der Waals surface area contributed by atoms with E-state index in [1.54, 1.807) is 0 Å². The molecule has 0 aromatic rings. The smallest absolute Gasteiger partial charge is 0.317 e. The van der Waals surface area contributed by atoms with Gasteiger partial charge in [-0.2, -0.15) is 0 Å². The summed E-state index contributed by atoms with van der Waals surface area (Å²) in [5.41, 5.74) is 0. The summed E-state index contributed by atoms with van der Waals surface area (Å²) >= 11 is 0. The van der Waals surface area contributed by atoms with Crippen molar-refractivity contribution in [1.82, 2.24) is 10.2 Å². The highest BCUT2D eigenvalue weighted by Crippen LogP contribution is 2.28. The van der Waals surface area contributed by atoms with Crippen molar-refractivity contribution >= 4 is 6.03 Å². The van der Waals surface area contributed by atoms with Crippen molar-refractivity contribution in [2.45, 2.75) is 70.8 Å². The average molecular weight is 296 g/mol. The number of hydrogen-bond acceptors (Lipinski definition) is 2. The first-order valence-corrected chi connectivity index (χ1v) is 8.89. The number of hydrogen-bond donors (Lipinski definition) is 2. The van der Waals surface area contributed by atoms with Crippen LogP contribution in [0.2, 0.25) is 0 Å². The lowest BCUT2D eigenvalue weighted by Crippen LogP contribution is -2.48. The van der Waals surface area contributed by atoms with E-state index in [9.17, 15) is 4.79 Å². The van der Waals surface area contributed by atoms with E-state index in [0.29, 0.717) is 12.0 Å². The van der Waals surface area contributed by atoms with Gasteiger partial charge in [0.05, 0.1) is 0 Å². The summed E-state index contributed by atoms with van der Waals surface area (Å²) in [5, 5.41) is 12.4. The normalized spacial score (nSPS) is 27.6. The number of carbonyl (C=O) groups excluding carboxylic acids is 1. The topological polar surface area (TPSA) is 52.6 Å². The standard InChI is InChI=1S/C17H32N2O2/c1-2-3-4-14-5-7-16(8-6-14)18-17(21)19-11-9-15(13-20)10-12-19/h14-16,20H,2-13H2,1H3,(H,18,21). The highest BCUT2D eigenvalue weighted by atomic mass is 16.3. The first-order valence-electron chi connectivity index (χ1n) is 8.89. The maximum absolute atomic E-state index is 12.3. The van der Waals surface area contributed by atoms with Crippen LogP contribution in [0.4, 0.5) is 4.79 Å². The van der Waals surface area contributed by atoms with Crippen LogP contribution in [0.3, 0.4) is 0 Å². The Morgan fingerprint density at radius 1 is 1.10 bits per heavy atom. The van der Waals surface area contributed by atoms with Crippen molar-refractivity contribution in [1.29, 1.82) is 0 Å². The molecule has 1 saturated heterocycles. The number of urea groups is 1. The first kappa shape index (κ1) is 16.6. The van der Waals surface area contributed by atoms with Gasteiger partial charge in [-0.15, -0.1) is 0 Å². The molecule has 4 heteroatoms. The Kier molecular flexibility index (Phi) is 6.81. The predicted molar refractivity (Wildman–Crippen MR) is 85.2 cm³/mol. The highest BCUT2D eigenvalue weighted by molar-refractivity contribution is 5.74. The largest absolute Gasteiger partial charge is 0.396 e. The van der Waals surface area contributed by atoms with Crippen LogP contribution in [0.25, 0.3) is 0 Å². The van der Waals surface area contributed by atoms with Crippen LogP contribution in [0.5, 0.6) is 0 Å². The van der Waals surface area contributed by atoms with Gasteiger partial charge < -0.3 is 15.3 Å². The van der Waals surface area contributed by atoms with E-state index in [4.69, 9.17) is 5.11 Å². The third-order valence-corrected chi connectivity index (χ3v) is 5.30. The minimum absolute atomic E-state index is 0.114. The van der Waals surface area contributed by atoms with Crippen LogP contribution in [-0.4, -0.2) is 41.8 Å². The molecule has 0 aromatic carbocycles. The van der Waals surface area contributed by atoms with E-state index in [1.807, 2.05) is 4.90 Å². The third kappa shape index (κ3) is 5.17. The number of carbonyl (C=O) groups is 1. The van der Waals surface area contributed by atoms with Crippen molar-refractivity contribution in [2.75, 3.05) is 19.7 Å². The molecule has 0 bridgehead atoms. The Morgan fingerprint density at radius 2 is 1.76 bits per heavy atom. The van der Waals surface area contributed by atoms with E-state index in [0.717, 1.165) is 44.7 Å². The van der Waals surface area contributed by atoms with Gasteiger partial charge >= 0.3 is 6.03 Å². The van der Waals surface area contributed by atoms with Crippen LogP contribution in [0, 0.1) is 11.8 Å². The van der Waals surface area contributed by atoms with Crippen molar-refractivity contribution in [3.8, 4) is 0 Å². The average Bonchev–Trinajstić information content (AvgIpc) is 2.54. The van der Waals surface area contributed by atoms with Crippen LogP contribution < -0.4 is 5.32 Å². The summed E-state index contributed by atoms with van der Waals surface area (Å²) in [6.07, 6.45) is 10.7. The first-order chi connectivity index (χ1) is 10.2. The monoisotopic (exact) mass is 296 g/mol. The number of amides is 2. The molecule has 4 nitrogen and oxygen atoms in total. The van der Waals surface area contributed by atoms with Gasteiger partial charge in [0.15, 0.2) is 0 Å². The van der Waals surface area contributed by atoms with Gasteiger partial charge in [0, 0.05) is 25.7 Å². The lowest BCUT2D eigenvalue weighted by Gasteiger charge is -2.34. The SMILES string of the molecule is CCCCC1CCC(NC(=O)N2CCC(CO)CC2)CC1. The molecule has 1 aliphatic carbocycles. The number of rotatable bonds is 5. The molecule has 0 unspecified atom stereocenters. The molecule has 1 heterocycles. The zero-order valence-corrected chi connectivity index (χ0v) is 13.5. The minimum Gasteiger partial charge on any atom is -0.396 e. The van der Waals surface area contributed by atoms with Crippen LogP contribution in [-0.2, 0) is 0 Å². The zero-order valence-electron chi connectivity index (χ0n) is 13.5. The number of aliphatic hydroxyl groups excluding tert-OH is 1. The fourth-order valence-electron chi connectivity index (χ4n) is 3.67. The van der Waals surface area contributed by atoms with Gasteiger partial charge in [-0.25, -0.2) is 4.79 Å². The molecule has 0 radical (unpaired) electrons. The van der Waals surface area contributed by atoms with Crippen LogP contribution in [0.15, 0.2) is 0 Å². The summed E-state index contributed by atoms with van der Waals surface area (Å²) in [5.74, 6) is 1.28. The number of unbranched alkanes of at least 4 members (excludes halogenated alkanes) is 1. The molecule has 21 heavy (non-hydrogen) atoms. The third-order valence-electron chi connectivity index (χ3n) is 5.30. The number of piperidine rings is 1. The lowest BCUT2D eigenvalue weighted by molar-refractivity contribution is 0.133. The summed E-state index contributed by atoms with van der Waals surface area (Å²) in [4.78, 5) is 14.2. The van der Waals surface area contributed by atoms with E-state index in [1.165, 1.54) is 32.1 Å². The van der Waals surface area contributed by atoms with Gasteiger partial charge in [-0.05, 0) is 50.4 Å². The van der Waals surface area contributed by atoms with E-state index in [2.05, 4.69) is 12.2 Å². The molecular formula is C17H32N2O2. The summed E-state index contributed by atoms with van der Waals surface area (Å²) in [7, 11) is 0. The second-order valence-electron chi connectivity index (χ2n) is 6.92. The van der Waals surface area contributed by atoms with E-state index >= 15 is 0 Å². The Bertz CT molecular complexity index is 306. The molecule has 2 rings (SSSR count). The van der Waals surface area contributed by atoms with Crippen LogP contribution in [0.1, 0.15) is 64.7 Å². The molecule has 1 aliphatic heterocycles. The minimum atomic E-state index is 0.114. The zero-order chi connectivity index (χ0) is 15.1. The Labute approximate surface area is 129 Å². The molecule has 2 aliphatic rings. The maximum Gasteiger partial charge on any atom is 0.317 e. The predicted octanol–water partition coefficient (Wildman–Crippen LogP) is 3.15. The Hall–Kier alpha value is -0.770. The van der Waals surface area contributed by atoms with Gasteiger partial charge in [0.25, 0.3) is 0 Å². The van der Waals surface area contributed by atoms with Gasteiger partial charge in [-0.3, -0.25) is 0 Å². The van der Waals surface area contributed by atoms with Crippen molar-refractivity contribution < 1.29 is 9.90 Å². The maximum atomic E-state index is 12.3. The number of nitrogens with one attached hydrogen (secondary N) is 1. The molecule has 1 saturated carbocycles. The van der Waals surface area contributed by atoms with Gasteiger partial charge in [-0.1, -0.05) is 26.2 Å². The Morgan fingerprint density at radius 3 is 2.33 bits per heavy atom. The van der Waals surface area contributed by atoms with Crippen LogP contribution >= 0.6 is 0 Å². The lowest BCUT2D eigenvalue weighted by atomic mass is 9.83. The van der Waals surface area contributed by atoms with E-state index < -0.39 is 0 Å². The van der Waals surface area contributed by atoms with Crippen molar-refractivity contribution in [3.63, 3.8) is 0 Å². The summed E-state index contributed by atoms with van der Waals surface area (Å²) < 4.78 is 0. The molecule has 122 valence electrons. The molecule has 2 N–H and O–H groups in total. The Balaban J connectivity index is 1.65. The van der Waals surface area contributed by atoms with E-state index in [-0.39, 0.29) is 12.6 Å².